The molecule has 0 unspecified atom stereocenters. The molecule has 0 aliphatic heterocycles. The molecule has 0 fully saturated rings. The van der Waals surface area contributed by atoms with E-state index >= 15 is 0 Å². The standard InChI is InChI=1S/C56H39N3/c1-4-15-38(16-5-1)42-19-14-20-44(35-42)52-37-53(58-56(57-52)41-17-6-2-7-18-41)49-33-32-46(47-23-10-11-24-48(47)49)40-29-27-39(28-30-40)43-31-34-55-51(36-43)50-25-12-13-26-54(50)59(55)45-21-8-3-9-22-45/h1-2,4-8,10-37H,3,9H2. The predicted octanol–water partition coefficient (Wildman–Crippen LogP) is 14.9. The van der Waals surface area contributed by atoms with Gasteiger partial charge in [-0.2, -0.15) is 0 Å². The highest BCUT2D eigenvalue weighted by molar-refractivity contribution is 6.12. The molecule has 1 aliphatic rings. The van der Waals surface area contributed by atoms with Crippen molar-refractivity contribution in [1.82, 2.24) is 14.5 Å². The lowest BCUT2D eigenvalue weighted by Crippen LogP contribution is -1.97. The van der Waals surface area contributed by atoms with Gasteiger partial charge in [-0.3, -0.25) is 0 Å². The Kier molecular flexibility index (Phi) is 8.63. The van der Waals surface area contributed by atoms with Crippen molar-refractivity contribution < 1.29 is 0 Å². The van der Waals surface area contributed by atoms with Crippen molar-refractivity contribution in [3.63, 3.8) is 0 Å². The van der Waals surface area contributed by atoms with Crippen molar-refractivity contribution in [2.75, 3.05) is 0 Å². The maximum Gasteiger partial charge on any atom is 0.160 e. The van der Waals surface area contributed by atoms with Crippen LogP contribution < -0.4 is 0 Å². The molecule has 59 heavy (non-hydrogen) atoms. The highest BCUT2D eigenvalue weighted by atomic mass is 15.0. The zero-order valence-corrected chi connectivity index (χ0v) is 32.5. The largest absolute Gasteiger partial charge is 0.310 e. The summed E-state index contributed by atoms with van der Waals surface area (Å²) in [6.07, 6.45) is 9.07. The molecule has 11 rings (SSSR count). The normalized spacial score (nSPS) is 12.6. The molecular formula is C56H39N3. The third-order valence-electron chi connectivity index (χ3n) is 11.7. The van der Waals surface area contributed by atoms with Gasteiger partial charge in [-0.25, -0.2) is 9.97 Å². The first kappa shape index (κ1) is 34.6. The first-order valence-corrected chi connectivity index (χ1v) is 20.4. The Morgan fingerprint density at radius 1 is 0.356 bits per heavy atom. The molecule has 3 nitrogen and oxygen atoms in total. The van der Waals surface area contributed by atoms with Crippen molar-refractivity contribution >= 4 is 38.3 Å². The molecule has 0 saturated heterocycles. The molecule has 278 valence electrons. The number of para-hydroxylation sites is 1. The summed E-state index contributed by atoms with van der Waals surface area (Å²) in [5.41, 5.74) is 15.7. The Labute approximate surface area is 343 Å². The summed E-state index contributed by atoms with van der Waals surface area (Å²) < 4.78 is 2.41. The first-order chi connectivity index (χ1) is 29.2. The van der Waals surface area contributed by atoms with Crippen LogP contribution in [0.4, 0.5) is 0 Å². The summed E-state index contributed by atoms with van der Waals surface area (Å²) in [4.78, 5) is 10.4. The van der Waals surface area contributed by atoms with Crippen LogP contribution in [0.15, 0.2) is 212 Å². The van der Waals surface area contributed by atoms with E-state index in [0.29, 0.717) is 5.82 Å². The van der Waals surface area contributed by atoms with Gasteiger partial charge < -0.3 is 4.57 Å². The molecule has 0 spiro atoms. The molecule has 0 radical (unpaired) electrons. The number of allylic oxidation sites excluding steroid dienone is 4. The zero-order valence-electron chi connectivity index (χ0n) is 32.5. The lowest BCUT2D eigenvalue weighted by molar-refractivity contribution is 1.02. The van der Waals surface area contributed by atoms with E-state index in [-0.39, 0.29) is 0 Å². The van der Waals surface area contributed by atoms with Gasteiger partial charge in [-0.05, 0) is 93.4 Å². The van der Waals surface area contributed by atoms with E-state index in [0.717, 1.165) is 51.9 Å². The lowest BCUT2D eigenvalue weighted by atomic mass is 9.92. The monoisotopic (exact) mass is 753 g/mol. The fraction of sp³-hybridized carbons (Fsp3) is 0.0357. The van der Waals surface area contributed by atoms with Gasteiger partial charge in [0.15, 0.2) is 5.82 Å². The molecule has 0 atom stereocenters. The van der Waals surface area contributed by atoms with Gasteiger partial charge in [-0.1, -0.05) is 176 Å². The number of aromatic nitrogens is 3. The number of hydrogen-bond acceptors (Lipinski definition) is 2. The highest BCUT2D eigenvalue weighted by Gasteiger charge is 2.17. The Balaban J connectivity index is 0.981. The van der Waals surface area contributed by atoms with Crippen LogP contribution in [0.25, 0.3) is 106 Å². The number of nitrogens with zero attached hydrogens (tertiary/aromatic N) is 3. The van der Waals surface area contributed by atoms with Crippen LogP contribution >= 0.6 is 0 Å². The van der Waals surface area contributed by atoms with Crippen LogP contribution in [0, 0.1) is 0 Å². The molecule has 0 N–H and O–H groups in total. The van der Waals surface area contributed by atoms with Crippen LogP contribution in [0.1, 0.15) is 12.8 Å². The fourth-order valence-electron chi connectivity index (χ4n) is 8.75. The van der Waals surface area contributed by atoms with Gasteiger partial charge in [0.1, 0.15) is 0 Å². The van der Waals surface area contributed by atoms with Crippen molar-refractivity contribution in [1.29, 1.82) is 0 Å². The van der Waals surface area contributed by atoms with Crippen LogP contribution in [-0.2, 0) is 0 Å². The third-order valence-corrected chi connectivity index (χ3v) is 11.7. The minimum absolute atomic E-state index is 0.706. The number of hydrogen-bond donors (Lipinski definition) is 0. The molecule has 1 aliphatic carbocycles. The lowest BCUT2D eigenvalue weighted by Gasteiger charge is -2.14. The molecule has 2 aromatic heterocycles. The number of fused-ring (bicyclic) bond motifs is 4. The van der Waals surface area contributed by atoms with Crippen LogP contribution in [0.5, 0.6) is 0 Å². The molecule has 2 heterocycles. The van der Waals surface area contributed by atoms with Crippen LogP contribution in [0.2, 0.25) is 0 Å². The number of benzene rings is 8. The topological polar surface area (TPSA) is 30.7 Å². The Hall–Kier alpha value is -7.62. The smallest absolute Gasteiger partial charge is 0.160 e. The third kappa shape index (κ3) is 6.34. The maximum atomic E-state index is 5.23. The molecular weight excluding hydrogens is 715 g/mol. The second kappa shape index (κ2) is 14.7. The van der Waals surface area contributed by atoms with E-state index in [2.05, 4.69) is 199 Å². The summed E-state index contributed by atoms with van der Waals surface area (Å²) in [5, 5.41) is 4.89. The minimum Gasteiger partial charge on any atom is -0.310 e. The van der Waals surface area contributed by atoms with E-state index in [4.69, 9.17) is 9.97 Å². The van der Waals surface area contributed by atoms with Gasteiger partial charge in [0.25, 0.3) is 0 Å². The second-order valence-corrected chi connectivity index (χ2v) is 15.3. The summed E-state index contributed by atoms with van der Waals surface area (Å²) in [6, 6.07) is 69.5. The summed E-state index contributed by atoms with van der Waals surface area (Å²) in [5.74, 6) is 0.706. The van der Waals surface area contributed by atoms with Gasteiger partial charge >= 0.3 is 0 Å². The molecule has 0 amide bonds. The van der Waals surface area contributed by atoms with Gasteiger partial charge in [0.2, 0.25) is 0 Å². The summed E-state index contributed by atoms with van der Waals surface area (Å²) in [6.45, 7) is 0. The maximum absolute atomic E-state index is 5.23. The second-order valence-electron chi connectivity index (χ2n) is 15.3. The Morgan fingerprint density at radius 2 is 0.932 bits per heavy atom. The highest BCUT2D eigenvalue weighted by Crippen LogP contribution is 2.39. The molecule has 0 bridgehead atoms. The Bertz CT molecular complexity index is 3240. The van der Waals surface area contributed by atoms with Crippen LogP contribution in [-0.4, -0.2) is 14.5 Å². The van der Waals surface area contributed by atoms with E-state index in [9.17, 15) is 0 Å². The van der Waals surface area contributed by atoms with Crippen molar-refractivity contribution in [2.45, 2.75) is 12.8 Å². The fourth-order valence-corrected chi connectivity index (χ4v) is 8.75. The molecule has 8 aromatic carbocycles. The number of rotatable bonds is 7. The quantitative estimate of drug-likeness (QED) is 0.162. The van der Waals surface area contributed by atoms with E-state index in [1.807, 2.05) is 18.2 Å². The average molecular weight is 754 g/mol. The van der Waals surface area contributed by atoms with Crippen molar-refractivity contribution in [3.8, 4) is 67.3 Å². The Morgan fingerprint density at radius 3 is 1.71 bits per heavy atom. The van der Waals surface area contributed by atoms with Crippen molar-refractivity contribution in [2.24, 2.45) is 0 Å². The average Bonchev–Trinajstić information content (AvgIpc) is 3.66. The van der Waals surface area contributed by atoms with Gasteiger partial charge in [0.05, 0.1) is 22.4 Å². The van der Waals surface area contributed by atoms with Crippen LogP contribution in [0.3, 0.4) is 0 Å². The van der Waals surface area contributed by atoms with Gasteiger partial charge in [0, 0.05) is 33.2 Å². The van der Waals surface area contributed by atoms with E-state index in [1.54, 1.807) is 0 Å². The van der Waals surface area contributed by atoms with E-state index in [1.165, 1.54) is 60.7 Å². The molecule has 0 saturated carbocycles. The molecule has 10 aromatic rings. The zero-order chi connectivity index (χ0) is 39.1. The van der Waals surface area contributed by atoms with Gasteiger partial charge in [-0.15, -0.1) is 0 Å². The predicted molar refractivity (Wildman–Crippen MR) is 248 cm³/mol. The summed E-state index contributed by atoms with van der Waals surface area (Å²) >= 11 is 0. The van der Waals surface area contributed by atoms with Crippen molar-refractivity contribution in [3.05, 3.63) is 212 Å². The summed E-state index contributed by atoms with van der Waals surface area (Å²) in [7, 11) is 0. The SMILES string of the molecule is C1=CC(n2c3ccccc3c3cc(-c4ccc(-c5ccc(-c6cc(-c7cccc(-c8ccccc8)c7)nc(-c7ccccc7)n6)c6ccccc56)cc4)ccc32)=CCC1. The minimum atomic E-state index is 0.706. The van der Waals surface area contributed by atoms with E-state index < -0.39 is 0 Å². The molecule has 3 heteroatoms. The first-order valence-electron chi connectivity index (χ1n) is 20.4.